The molecule has 0 spiro atoms. The molecule has 1 aromatic rings. The average molecular weight is 365 g/mol. The predicted molar refractivity (Wildman–Crippen MR) is 95.0 cm³/mol. The molecule has 0 saturated heterocycles. The maximum absolute atomic E-state index is 11.0. The van der Waals surface area contributed by atoms with Crippen LogP contribution < -0.4 is 0 Å². The number of hydrogen-bond donors (Lipinski definition) is 2. The van der Waals surface area contributed by atoms with Crippen LogP contribution in [0.3, 0.4) is 0 Å². The highest BCUT2D eigenvalue weighted by atomic mass is 35.5. The standard InChI is InChI=1S/C16H26Cl2O3Si/c1-15(2,3)9-8-14(19)16(20,21-22(4)5)11-6-7-12(17)13(18)10-11/h6-7,10,14,19-20,22H,8-9H2,1-5H3. The molecule has 0 aliphatic carbocycles. The second-order valence-corrected chi connectivity index (χ2v) is 10.3. The average Bonchev–Trinajstić information content (AvgIpc) is 2.37. The van der Waals surface area contributed by atoms with Crippen molar-refractivity contribution in [3.05, 3.63) is 33.8 Å². The molecule has 126 valence electrons. The zero-order valence-electron chi connectivity index (χ0n) is 13.9. The molecule has 3 nitrogen and oxygen atoms in total. The third-order valence-electron chi connectivity index (χ3n) is 3.37. The maximum Gasteiger partial charge on any atom is 0.209 e. The number of hydrogen-bond acceptors (Lipinski definition) is 3. The number of aliphatic hydroxyl groups is 2. The summed E-state index contributed by atoms with van der Waals surface area (Å²) >= 11 is 12.0. The van der Waals surface area contributed by atoms with Crippen LogP contribution in [0.15, 0.2) is 18.2 Å². The number of rotatable bonds is 6. The summed E-state index contributed by atoms with van der Waals surface area (Å²) in [7, 11) is -1.60. The highest BCUT2D eigenvalue weighted by Gasteiger charge is 2.40. The largest absolute Gasteiger partial charge is 0.389 e. The fourth-order valence-corrected chi connectivity index (χ4v) is 3.49. The Morgan fingerprint density at radius 3 is 2.23 bits per heavy atom. The Kier molecular flexibility index (Phi) is 6.93. The normalized spacial score (nSPS) is 16.6. The number of benzene rings is 1. The van der Waals surface area contributed by atoms with Crippen molar-refractivity contribution in [3.63, 3.8) is 0 Å². The minimum absolute atomic E-state index is 0.0643. The second-order valence-electron chi connectivity index (χ2n) is 7.11. The zero-order chi connectivity index (χ0) is 17.1. The Morgan fingerprint density at radius 2 is 1.77 bits per heavy atom. The molecule has 0 radical (unpaired) electrons. The van der Waals surface area contributed by atoms with Crippen LogP contribution in [0.5, 0.6) is 0 Å². The first-order valence-electron chi connectivity index (χ1n) is 7.49. The van der Waals surface area contributed by atoms with E-state index in [1.807, 2.05) is 13.1 Å². The summed E-state index contributed by atoms with van der Waals surface area (Å²) in [6, 6.07) is 4.80. The molecule has 0 aromatic heterocycles. The fraction of sp³-hybridized carbons (Fsp3) is 0.625. The zero-order valence-corrected chi connectivity index (χ0v) is 16.5. The smallest absolute Gasteiger partial charge is 0.209 e. The van der Waals surface area contributed by atoms with Crippen LogP contribution in [0, 0.1) is 5.41 Å². The van der Waals surface area contributed by atoms with Crippen molar-refractivity contribution in [3.8, 4) is 0 Å². The van der Waals surface area contributed by atoms with E-state index in [0.29, 0.717) is 22.0 Å². The van der Waals surface area contributed by atoms with Crippen LogP contribution in [0.25, 0.3) is 0 Å². The van der Waals surface area contributed by atoms with Gasteiger partial charge in [-0.15, -0.1) is 0 Å². The van der Waals surface area contributed by atoms with Crippen molar-refractivity contribution in [1.29, 1.82) is 0 Å². The van der Waals surface area contributed by atoms with E-state index in [-0.39, 0.29) is 5.41 Å². The van der Waals surface area contributed by atoms with Gasteiger partial charge in [-0.2, -0.15) is 0 Å². The molecule has 1 aromatic carbocycles. The summed E-state index contributed by atoms with van der Waals surface area (Å²) in [5, 5.41) is 22.3. The third-order valence-corrected chi connectivity index (χ3v) is 4.94. The Morgan fingerprint density at radius 1 is 1.18 bits per heavy atom. The van der Waals surface area contributed by atoms with Crippen molar-refractivity contribution >= 4 is 32.2 Å². The van der Waals surface area contributed by atoms with Crippen LogP contribution in [0.2, 0.25) is 23.1 Å². The van der Waals surface area contributed by atoms with E-state index in [2.05, 4.69) is 20.8 Å². The summed E-state index contributed by atoms with van der Waals surface area (Å²) in [5.74, 6) is -1.75. The summed E-state index contributed by atoms with van der Waals surface area (Å²) in [6.45, 7) is 10.2. The van der Waals surface area contributed by atoms with Gasteiger partial charge in [0.25, 0.3) is 0 Å². The quantitative estimate of drug-likeness (QED) is 0.583. The van der Waals surface area contributed by atoms with Gasteiger partial charge in [0.05, 0.1) is 10.0 Å². The first-order chi connectivity index (χ1) is 9.95. The molecule has 2 N–H and O–H groups in total. The maximum atomic E-state index is 11.0. The molecule has 22 heavy (non-hydrogen) atoms. The minimum Gasteiger partial charge on any atom is -0.389 e. The Balaban J connectivity index is 3.10. The highest BCUT2D eigenvalue weighted by Crippen LogP contribution is 2.35. The molecule has 0 heterocycles. The third kappa shape index (κ3) is 5.51. The van der Waals surface area contributed by atoms with Gasteiger partial charge in [-0.3, -0.25) is 0 Å². The van der Waals surface area contributed by atoms with E-state index in [9.17, 15) is 10.2 Å². The Hall–Kier alpha value is -0.103. The van der Waals surface area contributed by atoms with Gasteiger partial charge in [0, 0.05) is 5.56 Å². The van der Waals surface area contributed by atoms with Gasteiger partial charge in [-0.1, -0.05) is 50.0 Å². The minimum atomic E-state index is -1.75. The van der Waals surface area contributed by atoms with Gasteiger partial charge in [0.15, 0.2) is 9.04 Å². The van der Waals surface area contributed by atoms with E-state index in [4.69, 9.17) is 27.6 Å². The van der Waals surface area contributed by atoms with Crippen LogP contribution in [-0.4, -0.2) is 25.4 Å². The number of aliphatic hydroxyl groups excluding tert-OH is 1. The van der Waals surface area contributed by atoms with Crippen molar-refractivity contribution in [2.75, 3.05) is 0 Å². The Labute approximate surface area is 144 Å². The fourth-order valence-electron chi connectivity index (χ4n) is 2.18. The predicted octanol–water partition coefficient (Wildman–Crippen LogP) is 4.33. The number of halogens is 2. The van der Waals surface area contributed by atoms with Gasteiger partial charge in [0.1, 0.15) is 6.10 Å². The lowest BCUT2D eigenvalue weighted by atomic mass is 9.86. The van der Waals surface area contributed by atoms with Crippen molar-refractivity contribution in [2.45, 2.75) is 58.6 Å². The molecule has 0 fully saturated rings. The summed E-state index contributed by atoms with van der Waals surface area (Å²) in [4.78, 5) is 0. The van der Waals surface area contributed by atoms with Crippen LogP contribution in [-0.2, 0) is 10.2 Å². The summed E-state index contributed by atoms with van der Waals surface area (Å²) in [6.07, 6.45) is 0.168. The van der Waals surface area contributed by atoms with Crippen LogP contribution in [0.4, 0.5) is 0 Å². The SMILES string of the molecule is C[SiH](C)OC(O)(c1ccc(Cl)c(Cl)c1)C(O)CCC(C)(C)C. The lowest BCUT2D eigenvalue weighted by Crippen LogP contribution is -2.45. The van der Waals surface area contributed by atoms with Crippen LogP contribution in [0.1, 0.15) is 39.2 Å². The van der Waals surface area contributed by atoms with Gasteiger partial charge in [-0.25, -0.2) is 0 Å². The molecule has 2 atom stereocenters. The molecular weight excluding hydrogens is 339 g/mol. The lowest BCUT2D eigenvalue weighted by Gasteiger charge is -2.36. The molecule has 0 aliphatic heterocycles. The van der Waals surface area contributed by atoms with Gasteiger partial charge >= 0.3 is 0 Å². The molecule has 0 aliphatic rings. The summed E-state index contributed by atoms with van der Waals surface area (Å²) in [5.41, 5.74) is 0.499. The molecule has 1 rings (SSSR count). The van der Waals surface area contributed by atoms with Crippen molar-refractivity contribution in [2.24, 2.45) is 5.41 Å². The Bertz CT molecular complexity index is 503. The van der Waals surface area contributed by atoms with Gasteiger partial charge < -0.3 is 14.6 Å². The molecule has 0 amide bonds. The van der Waals surface area contributed by atoms with Crippen molar-refractivity contribution < 1.29 is 14.6 Å². The van der Waals surface area contributed by atoms with E-state index >= 15 is 0 Å². The van der Waals surface area contributed by atoms with Crippen molar-refractivity contribution in [1.82, 2.24) is 0 Å². The highest BCUT2D eigenvalue weighted by molar-refractivity contribution is 6.48. The molecule has 0 saturated carbocycles. The van der Waals surface area contributed by atoms with E-state index in [1.54, 1.807) is 18.2 Å². The topological polar surface area (TPSA) is 49.7 Å². The van der Waals surface area contributed by atoms with Crippen LogP contribution >= 0.6 is 23.2 Å². The van der Waals surface area contributed by atoms with Gasteiger partial charge in [0.2, 0.25) is 5.79 Å². The first kappa shape index (κ1) is 19.9. The van der Waals surface area contributed by atoms with Gasteiger partial charge in [-0.05, 0) is 43.5 Å². The molecule has 0 bridgehead atoms. The monoisotopic (exact) mass is 364 g/mol. The second kappa shape index (κ2) is 7.64. The van der Waals surface area contributed by atoms with E-state index in [0.717, 1.165) is 6.42 Å². The molecule has 6 heteroatoms. The van der Waals surface area contributed by atoms with E-state index in [1.165, 1.54) is 0 Å². The lowest BCUT2D eigenvalue weighted by molar-refractivity contribution is -0.220. The van der Waals surface area contributed by atoms with E-state index < -0.39 is 20.9 Å². The summed E-state index contributed by atoms with van der Waals surface area (Å²) < 4.78 is 5.79. The molecular formula is C16H26Cl2O3Si. The first-order valence-corrected chi connectivity index (χ1v) is 11.0. The molecule has 2 unspecified atom stereocenters.